The van der Waals surface area contributed by atoms with Crippen molar-refractivity contribution in [3.8, 4) is 0 Å². The zero-order chi connectivity index (χ0) is 28.3. The predicted octanol–water partition coefficient (Wildman–Crippen LogP) is 0.863. The Hall–Kier alpha value is -3.09. The van der Waals surface area contributed by atoms with Gasteiger partial charge in [0.25, 0.3) is 0 Å². The van der Waals surface area contributed by atoms with Crippen molar-refractivity contribution in [2.45, 2.75) is 53.6 Å². The van der Waals surface area contributed by atoms with E-state index in [0.29, 0.717) is 24.2 Å². The van der Waals surface area contributed by atoms with Gasteiger partial charge < -0.3 is 24.1 Å². The highest BCUT2D eigenvalue weighted by Gasteiger charge is 2.20. The lowest BCUT2D eigenvalue weighted by molar-refractivity contribution is -0.150. The highest BCUT2D eigenvalue weighted by atomic mass is 16.5. The number of carbonyl (C=O) groups excluding carboxylic acids is 4. The van der Waals surface area contributed by atoms with Gasteiger partial charge in [0.1, 0.15) is 0 Å². The average Bonchev–Trinajstić information content (AvgIpc) is 2.83. The molecule has 0 unspecified atom stereocenters. The minimum absolute atomic E-state index is 0.00265. The summed E-state index contributed by atoms with van der Waals surface area (Å²) in [5.74, 6) is -1.93. The first-order chi connectivity index (χ1) is 18.2. The normalized spacial score (nSPS) is 10.9. The molecule has 0 atom stereocenters. The number of aliphatic hydroxyl groups is 1. The van der Waals surface area contributed by atoms with Crippen molar-refractivity contribution in [2.24, 2.45) is 0 Å². The zero-order valence-corrected chi connectivity index (χ0v) is 22.9. The number of nitrogens with zero attached hydrogens (tertiary/aromatic N) is 3. The first-order valence-corrected chi connectivity index (χ1v) is 12.9. The zero-order valence-electron chi connectivity index (χ0n) is 22.9. The van der Waals surface area contributed by atoms with Crippen molar-refractivity contribution in [2.75, 3.05) is 59.2 Å². The lowest BCUT2D eigenvalue weighted by Crippen LogP contribution is -2.37. The molecule has 0 aromatic carbocycles. The molecule has 1 aromatic heterocycles. The summed E-state index contributed by atoms with van der Waals surface area (Å²) in [5.41, 5.74) is 2.01. The van der Waals surface area contributed by atoms with E-state index in [0.717, 1.165) is 5.56 Å². The molecule has 1 heterocycles. The molecule has 38 heavy (non-hydrogen) atoms. The van der Waals surface area contributed by atoms with Crippen LogP contribution in [0.3, 0.4) is 0 Å². The van der Waals surface area contributed by atoms with Gasteiger partial charge in [-0.2, -0.15) is 0 Å². The summed E-state index contributed by atoms with van der Waals surface area (Å²) >= 11 is 0. The number of pyridine rings is 1. The van der Waals surface area contributed by atoms with Crippen molar-refractivity contribution in [3.63, 3.8) is 0 Å². The van der Waals surface area contributed by atoms with Crippen molar-refractivity contribution < 1.29 is 43.2 Å². The maximum atomic E-state index is 12.2. The van der Waals surface area contributed by atoms with Crippen LogP contribution >= 0.6 is 0 Å². The first kappa shape index (κ1) is 32.9. The maximum absolute atomic E-state index is 12.2. The van der Waals surface area contributed by atoms with Gasteiger partial charge in [-0.3, -0.25) is 34.0 Å². The van der Waals surface area contributed by atoms with Crippen molar-refractivity contribution >= 4 is 23.9 Å². The molecule has 214 valence electrons. The molecule has 0 amide bonds. The molecular weight excluding hydrogens is 498 g/mol. The van der Waals surface area contributed by atoms with Gasteiger partial charge in [-0.25, -0.2) is 0 Å². The van der Waals surface area contributed by atoms with E-state index in [1.54, 1.807) is 37.5 Å². The van der Waals surface area contributed by atoms with Crippen LogP contribution in [0.15, 0.2) is 12.1 Å². The second-order valence-corrected chi connectivity index (χ2v) is 8.30. The van der Waals surface area contributed by atoms with Gasteiger partial charge in [0.15, 0.2) is 0 Å². The Bertz CT molecular complexity index is 790. The number of hydrogen-bond donors (Lipinski definition) is 1. The number of ether oxygens (including phenoxy) is 4. The molecule has 0 aliphatic carbocycles. The van der Waals surface area contributed by atoms with Gasteiger partial charge in [0, 0.05) is 19.7 Å². The van der Waals surface area contributed by atoms with Crippen molar-refractivity contribution in [3.05, 3.63) is 29.1 Å². The Morgan fingerprint density at radius 1 is 0.684 bits per heavy atom. The fraction of sp³-hybridized carbons (Fsp3) is 0.654. The van der Waals surface area contributed by atoms with Gasteiger partial charge in [-0.05, 0) is 58.2 Å². The highest BCUT2D eigenvalue weighted by molar-refractivity contribution is 5.75. The largest absolute Gasteiger partial charge is 0.465 e. The Morgan fingerprint density at radius 3 is 1.32 bits per heavy atom. The van der Waals surface area contributed by atoms with E-state index in [1.165, 1.54) is 0 Å². The van der Waals surface area contributed by atoms with Crippen LogP contribution in [0.1, 0.15) is 51.1 Å². The van der Waals surface area contributed by atoms with Crippen LogP contribution in [0.2, 0.25) is 0 Å². The maximum Gasteiger partial charge on any atom is 0.320 e. The summed E-state index contributed by atoms with van der Waals surface area (Å²) in [5, 5.41) is 9.32. The number of carbonyl (C=O) groups is 4. The molecule has 0 fully saturated rings. The molecule has 0 saturated heterocycles. The molecule has 1 N–H and O–H groups in total. The van der Waals surface area contributed by atoms with Gasteiger partial charge >= 0.3 is 23.9 Å². The molecule has 1 rings (SSSR count). The molecule has 0 radical (unpaired) electrons. The fourth-order valence-electron chi connectivity index (χ4n) is 3.66. The van der Waals surface area contributed by atoms with Crippen molar-refractivity contribution in [1.82, 2.24) is 14.8 Å². The summed E-state index contributed by atoms with van der Waals surface area (Å²) in [4.78, 5) is 56.5. The van der Waals surface area contributed by atoms with Crippen LogP contribution in [0.25, 0.3) is 0 Å². The van der Waals surface area contributed by atoms with Gasteiger partial charge in [-0.1, -0.05) is 0 Å². The van der Waals surface area contributed by atoms with E-state index in [4.69, 9.17) is 18.9 Å². The number of aryl methyl sites for hydroxylation is 1. The average molecular weight is 540 g/mol. The Morgan fingerprint density at radius 2 is 1.03 bits per heavy atom. The molecule has 0 spiro atoms. The second-order valence-electron chi connectivity index (χ2n) is 8.30. The van der Waals surface area contributed by atoms with E-state index in [9.17, 15) is 24.3 Å². The molecule has 1 aromatic rings. The SMILES string of the molecule is CCOC(=O)CN(CC(=O)OCC)Cc1cc(CCCO)cc(CN(CC(=O)OCC)CC(=O)OCC)n1. The Labute approximate surface area is 224 Å². The molecule has 12 nitrogen and oxygen atoms in total. The number of aromatic nitrogens is 1. The lowest BCUT2D eigenvalue weighted by atomic mass is 10.1. The Balaban J connectivity index is 3.24. The summed E-state index contributed by atoms with van der Waals surface area (Å²) < 4.78 is 20.2. The molecule has 12 heteroatoms. The van der Waals surface area contributed by atoms with Crippen LogP contribution < -0.4 is 0 Å². The van der Waals surface area contributed by atoms with Crippen LogP contribution in [-0.2, 0) is 57.6 Å². The van der Waals surface area contributed by atoms with Crippen LogP contribution in [0.5, 0.6) is 0 Å². The third-order valence-corrected chi connectivity index (χ3v) is 5.02. The summed E-state index contributed by atoms with van der Waals surface area (Å²) in [6.07, 6.45) is 1.08. The van der Waals surface area contributed by atoms with E-state index in [-0.39, 0.29) is 72.3 Å². The van der Waals surface area contributed by atoms with E-state index in [1.807, 2.05) is 12.1 Å². The van der Waals surface area contributed by atoms with Crippen LogP contribution in [0.4, 0.5) is 0 Å². The summed E-state index contributed by atoms with van der Waals surface area (Å²) in [6.45, 7) is 7.38. The number of hydrogen-bond acceptors (Lipinski definition) is 12. The fourth-order valence-corrected chi connectivity index (χ4v) is 3.66. The summed E-state index contributed by atoms with van der Waals surface area (Å²) in [7, 11) is 0. The van der Waals surface area contributed by atoms with E-state index >= 15 is 0 Å². The number of rotatable bonds is 19. The quantitative estimate of drug-likeness (QED) is 0.197. The predicted molar refractivity (Wildman–Crippen MR) is 137 cm³/mol. The summed E-state index contributed by atoms with van der Waals surface area (Å²) in [6, 6.07) is 3.67. The number of esters is 4. The molecular formula is C26H41N3O9. The lowest BCUT2D eigenvalue weighted by Gasteiger charge is -2.22. The van der Waals surface area contributed by atoms with Crippen LogP contribution in [0, 0.1) is 0 Å². The Kier molecular flexibility index (Phi) is 16.5. The second kappa shape index (κ2) is 19.0. The highest BCUT2D eigenvalue weighted by Crippen LogP contribution is 2.14. The van der Waals surface area contributed by atoms with E-state index in [2.05, 4.69) is 4.98 Å². The minimum Gasteiger partial charge on any atom is -0.465 e. The minimum atomic E-state index is -0.483. The van der Waals surface area contributed by atoms with Crippen molar-refractivity contribution in [1.29, 1.82) is 0 Å². The first-order valence-electron chi connectivity index (χ1n) is 12.9. The topological polar surface area (TPSA) is 145 Å². The van der Waals surface area contributed by atoms with Gasteiger partial charge in [0.05, 0.1) is 64.0 Å². The standard InChI is InChI=1S/C26H41N3O9/c1-5-35-23(31)16-28(17-24(32)36-6-2)14-21-12-20(10-9-11-30)13-22(27-21)15-29(18-25(33)37-7-3)19-26(34)38-8-4/h12-13,30H,5-11,14-19H2,1-4H3. The molecule has 0 saturated carbocycles. The number of aliphatic hydroxyl groups excluding tert-OH is 1. The molecule has 0 bridgehead atoms. The van der Waals surface area contributed by atoms with Crippen LogP contribution in [-0.4, -0.2) is 103 Å². The molecule has 0 aliphatic heterocycles. The van der Waals surface area contributed by atoms with Gasteiger partial charge in [-0.15, -0.1) is 0 Å². The van der Waals surface area contributed by atoms with E-state index < -0.39 is 23.9 Å². The van der Waals surface area contributed by atoms with Gasteiger partial charge in [0.2, 0.25) is 0 Å². The third kappa shape index (κ3) is 14.0. The third-order valence-electron chi connectivity index (χ3n) is 5.02. The molecule has 0 aliphatic rings. The smallest absolute Gasteiger partial charge is 0.320 e. The monoisotopic (exact) mass is 539 g/mol.